The number of nitrogens with one attached hydrogen (secondary N) is 2. The Labute approximate surface area is 162 Å². The first kappa shape index (κ1) is 17.5. The number of fused-ring (bicyclic) bond motifs is 1. The van der Waals surface area contributed by atoms with Crippen LogP contribution in [0, 0.1) is 0 Å². The van der Waals surface area contributed by atoms with Crippen molar-refractivity contribution in [2.75, 3.05) is 17.2 Å². The molecule has 1 heterocycles. The van der Waals surface area contributed by atoms with Crippen molar-refractivity contribution < 1.29 is 14.3 Å². The van der Waals surface area contributed by atoms with Crippen LogP contribution in [0.4, 0.5) is 11.4 Å². The van der Waals surface area contributed by atoms with Gasteiger partial charge in [-0.05, 0) is 42.0 Å². The fourth-order valence-corrected chi connectivity index (χ4v) is 2.98. The molecule has 0 aliphatic carbocycles. The van der Waals surface area contributed by atoms with Crippen LogP contribution in [0.3, 0.4) is 0 Å². The number of carbonyl (C=O) groups is 2. The highest BCUT2D eigenvalue weighted by atomic mass is 16.5. The van der Waals surface area contributed by atoms with Crippen LogP contribution in [0.1, 0.15) is 11.1 Å². The van der Waals surface area contributed by atoms with Gasteiger partial charge in [-0.3, -0.25) is 9.59 Å². The zero-order valence-electron chi connectivity index (χ0n) is 15.0. The van der Waals surface area contributed by atoms with Crippen molar-refractivity contribution in [1.29, 1.82) is 0 Å². The number of amides is 2. The van der Waals surface area contributed by atoms with E-state index in [0.29, 0.717) is 11.3 Å². The van der Waals surface area contributed by atoms with E-state index < -0.39 is 0 Å². The summed E-state index contributed by atoms with van der Waals surface area (Å²) in [6.07, 6.45) is 1.84. The molecular weight excluding hydrogens is 352 g/mol. The number of carbonyl (C=O) groups excluding carboxylic acids is 2. The average molecular weight is 370 g/mol. The molecule has 4 rings (SSSR count). The Morgan fingerprint density at radius 3 is 2.43 bits per heavy atom. The van der Waals surface area contributed by atoms with Crippen LogP contribution in [0.5, 0.6) is 5.75 Å². The maximum absolute atomic E-state index is 12.2. The second kappa shape index (κ2) is 7.80. The first-order valence-electron chi connectivity index (χ1n) is 8.89. The summed E-state index contributed by atoms with van der Waals surface area (Å²) >= 11 is 0. The maximum Gasteiger partial charge on any atom is 0.262 e. The fourth-order valence-electron chi connectivity index (χ4n) is 2.98. The summed E-state index contributed by atoms with van der Waals surface area (Å²) in [5.74, 6) is 0.248. The predicted molar refractivity (Wildman–Crippen MR) is 110 cm³/mol. The molecule has 138 valence electrons. The van der Waals surface area contributed by atoms with Crippen molar-refractivity contribution in [3.05, 3.63) is 90.0 Å². The van der Waals surface area contributed by atoms with Crippen LogP contribution >= 0.6 is 0 Å². The topological polar surface area (TPSA) is 67.4 Å². The number of ether oxygens (including phenoxy) is 1. The lowest BCUT2D eigenvalue weighted by Crippen LogP contribution is -2.20. The lowest BCUT2D eigenvalue weighted by Gasteiger charge is -2.08. The largest absolute Gasteiger partial charge is 0.484 e. The van der Waals surface area contributed by atoms with Gasteiger partial charge in [-0.25, -0.2) is 0 Å². The van der Waals surface area contributed by atoms with E-state index in [2.05, 4.69) is 10.6 Å². The minimum atomic E-state index is -0.225. The van der Waals surface area contributed by atoms with Crippen LogP contribution in [-0.2, 0) is 9.59 Å². The number of benzene rings is 3. The predicted octanol–water partition coefficient (Wildman–Crippen LogP) is 4.20. The number of hydrogen-bond acceptors (Lipinski definition) is 3. The lowest BCUT2D eigenvalue weighted by molar-refractivity contribution is -0.118. The van der Waals surface area contributed by atoms with Crippen LogP contribution < -0.4 is 15.4 Å². The van der Waals surface area contributed by atoms with Crippen LogP contribution in [0.15, 0.2) is 78.9 Å². The summed E-state index contributed by atoms with van der Waals surface area (Å²) in [5.41, 5.74) is 3.95. The maximum atomic E-state index is 12.2. The third-order valence-corrected chi connectivity index (χ3v) is 4.33. The zero-order valence-corrected chi connectivity index (χ0v) is 15.0. The summed E-state index contributed by atoms with van der Waals surface area (Å²) in [4.78, 5) is 24.1. The quantitative estimate of drug-likeness (QED) is 0.662. The highest BCUT2D eigenvalue weighted by Gasteiger charge is 2.23. The van der Waals surface area contributed by atoms with E-state index in [4.69, 9.17) is 4.74 Å². The summed E-state index contributed by atoms with van der Waals surface area (Å²) in [7, 11) is 0. The Morgan fingerprint density at radius 1 is 0.929 bits per heavy atom. The molecule has 5 heteroatoms. The van der Waals surface area contributed by atoms with Gasteiger partial charge >= 0.3 is 0 Å². The SMILES string of the molecule is O=C(COc1ccc(/C=C2\C(=O)Nc3ccccc32)cc1)Nc1ccccc1. The normalized spacial score (nSPS) is 13.7. The Bertz CT molecular complexity index is 1040. The van der Waals surface area contributed by atoms with Crippen molar-refractivity contribution in [3.8, 4) is 5.75 Å². The summed E-state index contributed by atoms with van der Waals surface area (Å²) in [5, 5.41) is 5.62. The Kier molecular flexibility index (Phi) is 4.89. The van der Waals surface area contributed by atoms with E-state index in [1.165, 1.54) is 0 Å². The first-order valence-corrected chi connectivity index (χ1v) is 8.89. The highest BCUT2D eigenvalue weighted by molar-refractivity contribution is 6.34. The first-order chi connectivity index (χ1) is 13.7. The third-order valence-electron chi connectivity index (χ3n) is 4.33. The van der Waals surface area contributed by atoms with Crippen molar-refractivity contribution in [2.24, 2.45) is 0 Å². The molecule has 2 N–H and O–H groups in total. The van der Waals surface area contributed by atoms with Gasteiger partial charge in [-0.15, -0.1) is 0 Å². The van der Waals surface area contributed by atoms with Gasteiger partial charge in [0, 0.05) is 22.5 Å². The van der Waals surface area contributed by atoms with E-state index in [9.17, 15) is 9.59 Å². The highest BCUT2D eigenvalue weighted by Crippen LogP contribution is 2.32. The molecular formula is C23H18N2O3. The molecule has 0 radical (unpaired) electrons. The van der Waals surface area contributed by atoms with Gasteiger partial charge in [-0.1, -0.05) is 48.5 Å². The van der Waals surface area contributed by atoms with E-state index in [-0.39, 0.29) is 18.4 Å². The lowest BCUT2D eigenvalue weighted by atomic mass is 10.0. The van der Waals surface area contributed by atoms with Crippen molar-refractivity contribution in [3.63, 3.8) is 0 Å². The molecule has 3 aromatic rings. The Morgan fingerprint density at radius 2 is 1.64 bits per heavy atom. The molecule has 5 nitrogen and oxygen atoms in total. The van der Waals surface area contributed by atoms with Crippen molar-refractivity contribution in [2.45, 2.75) is 0 Å². The molecule has 28 heavy (non-hydrogen) atoms. The van der Waals surface area contributed by atoms with Crippen molar-refractivity contribution >= 4 is 34.8 Å². The van der Waals surface area contributed by atoms with E-state index in [0.717, 1.165) is 22.5 Å². The summed E-state index contributed by atoms with van der Waals surface area (Å²) in [6.45, 7) is -0.0783. The number of anilines is 2. The van der Waals surface area contributed by atoms with Crippen LogP contribution in [0.25, 0.3) is 11.6 Å². The molecule has 0 saturated heterocycles. The smallest absolute Gasteiger partial charge is 0.262 e. The van der Waals surface area contributed by atoms with Gasteiger partial charge in [0.15, 0.2) is 6.61 Å². The van der Waals surface area contributed by atoms with Gasteiger partial charge in [0.1, 0.15) is 5.75 Å². The second-order valence-electron chi connectivity index (χ2n) is 6.33. The standard InChI is InChI=1S/C23H18N2O3/c26-22(24-17-6-2-1-3-7-17)15-28-18-12-10-16(11-13-18)14-20-19-8-4-5-9-21(19)25-23(20)27/h1-14H,15H2,(H,24,26)(H,25,27)/b20-14-. The summed E-state index contributed by atoms with van der Waals surface area (Å²) in [6, 6.07) is 24.1. The number of para-hydroxylation sites is 2. The molecule has 1 aliphatic heterocycles. The molecule has 3 aromatic carbocycles. The van der Waals surface area contributed by atoms with E-state index in [1.54, 1.807) is 12.1 Å². The summed E-state index contributed by atoms with van der Waals surface area (Å²) < 4.78 is 5.53. The minimum Gasteiger partial charge on any atom is -0.484 e. The van der Waals surface area contributed by atoms with Crippen LogP contribution in [0.2, 0.25) is 0 Å². The van der Waals surface area contributed by atoms with Gasteiger partial charge in [0.05, 0.1) is 0 Å². The molecule has 0 bridgehead atoms. The number of hydrogen-bond donors (Lipinski definition) is 2. The van der Waals surface area contributed by atoms with Gasteiger partial charge in [0.2, 0.25) is 0 Å². The molecule has 0 aromatic heterocycles. The van der Waals surface area contributed by atoms with Crippen molar-refractivity contribution in [1.82, 2.24) is 0 Å². The monoisotopic (exact) mass is 370 g/mol. The van der Waals surface area contributed by atoms with E-state index >= 15 is 0 Å². The average Bonchev–Trinajstić information content (AvgIpc) is 3.03. The van der Waals surface area contributed by atoms with Gasteiger partial charge < -0.3 is 15.4 Å². The molecule has 0 unspecified atom stereocenters. The molecule has 1 aliphatic rings. The Hall–Kier alpha value is -3.86. The number of rotatable bonds is 5. The molecule has 0 saturated carbocycles. The third kappa shape index (κ3) is 3.94. The second-order valence-corrected chi connectivity index (χ2v) is 6.33. The molecule has 2 amide bonds. The van der Waals surface area contributed by atoms with E-state index in [1.807, 2.05) is 72.8 Å². The molecule has 0 spiro atoms. The van der Waals surface area contributed by atoms with Crippen LogP contribution in [-0.4, -0.2) is 18.4 Å². The molecule has 0 fully saturated rings. The Balaban J connectivity index is 1.39. The molecule has 0 atom stereocenters. The minimum absolute atomic E-state index is 0.0783. The zero-order chi connectivity index (χ0) is 19.3. The van der Waals surface area contributed by atoms with Gasteiger partial charge in [-0.2, -0.15) is 0 Å². The fraction of sp³-hybridized carbons (Fsp3) is 0.0435. The van der Waals surface area contributed by atoms with Gasteiger partial charge in [0.25, 0.3) is 11.8 Å².